The Morgan fingerprint density at radius 3 is 2.62 bits per heavy atom. The van der Waals surface area contributed by atoms with E-state index in [0.717, 1.165) is 17.3 Å². The number of hydrogen-bond donors (Lipinski definition) is 2. The molecule has 2 rings (SSSR count). The topological polar surface area (TPSA) is 58.2 Å². The molecule has 1 aliphatic rings. The van der Waals surface area contributed by atoms with Crippen LogP contribution in [0.5, 0.6) is 0 Å². The van der Waals surface area contributed by atoms with Gasteiger partial charge in [-0.15, -0.1) is 0 Å². The molecule has 0 aliphatic heterocycles. The van der Waals surface area contributed by atoms with Crippen molar-refractivity contribution in [3.8, 4) is 0 Å². The lowest BCUT2D eigenvalue weighted by atomic mass is 10.3. The van der Waals surface area contributed by atoms with Crippen LogP contribution in [-0.4, -0.2) is 14.5 Å². The van der Waals surface area contributed by atoms with Gasteiger partial charge in [-0.25, -0.2) is 0 Å². The summed E-state index contributed by atoms with van der Waals surface area (Å²) >= 11 is 9.09. The summed E-state index contributed by atoms with van der Waals surface area (Å²) in [6.07, 6.45) is 1.81. The minimum absolute atomic E-state index is 0.0865. The molecular weight excluding hydrogens is 316 g/mol. The fourth-order valence-corrected chi connectivity index (χ4v) is 2.76. The molecule has 1 fully saturated rings. The molecule has 0 heterocycles. The second-order valence-corrected chi connectivity index (χ2v) is 6.33. The van der Waals surface area contributed by atoms with Gasteiger partial charge >= 0.3 is 0 Å². The first-order valence-corrected chi connectivity index (χ1v) is 7.37. The molecule has 0 bridgehead atoms. The number of halogens is 2. The summed E-state index contributed by atoms with van der Waals surface area (Å²) in [6.45, 7) is 0. The average molecular weight is 326 g/mol. The second kappa shape index (κ2) is 4.52. The highest BCUT2D eigenvalue weighted by Crippen LogP contribution is 2.26. The summed E-state index contributed by atoms with van der Waals surface area (Å²) in [4.78, 5) is 0. The van der Waals surface area contributed by atoms with Crippen molar-refractivity contribution in [3.05, 3.63) is 27.7 Å². The maximum absolute atomic E-state index is 11.6. The van der Waals surface area contributed by atoms with Crippen LogP contribution in [0.25, 0.3) is 0 Å². The van der Waals surface area contributed by atoms with Gasteiger partial charge in [-0.1, -0.05) is 11.6 Å². The number of hydrogen-bond acceptors (Lipinski definition) is 2. The van der Waals surface area contributed by atoms with Gasteiger partial charge in [-0.2, -0.15) is 13.1 Å². The van der Waals surface area contributed by atoms with Crippen LogP contribution < -0.4 is 9.44 Å². The van der Waals surface area contributed by atoms with Gasteiger partial charge in [0.15, 0.2) is 0 Å². The Labute approximate surface area is 108 Å². The number of nitrogens with one attached hydrogen (secondary N) is 2. The van der Waals surface area contributed by atoms with Gasteiger partial charge < -0.3 is 0 Å². The largest absolute Gasteiger partial charge is 0.299 e. The predicted octanol–water partition coefficient (Wildman–Crippen LogP) is 2.51. The fraction of sp³-hybridized carbons (Fsp3) is 0.333. The van der Waals surface area contributed by atoms with Gasteiger partial charge in [0.25, 0.3) is 10.2 Å². The Balaban J connectivity index is 2.10. The molecule has 4 nitrogen and oxygen atoms in total. The van der Waals surface area contributed by atoms with Gasteiger partial charge in [-0.05, 0) is 47.0 Å². The van der Waals surface area contributed by atoms with E-state index < -0.39 is 10.2 Å². The van der Waals surface area contributed by atoms with Crippen LogP contribution in [0.3, 0.4) is 0 Å². The predicted molar refractivity (Wildman–Crippen MR) is 67.9 cm³/mol. The van der Waals surface area contributed by atoms with Crippen molar-refractivity contribution >= 4 is 43.4 Å². The molecule has 0 atom stereocenters. The molecule has 0 radical (unpaired) electrons. The number of anilines is 1. The van der Waals surface area contributed by atoms with Crippen LogP contribution in [0.2, 0.25) is 5.02 Å². The van der Waals surface area contributed by atoms with Crippen LogP contribution in [0.4, 0.5) is 5.69 Å². The zero-order valence-electron chi connectivity index (χ0n) is 8.20. The summed E-state index contributed by atoms with van der Waals surface area (Å²) in [5, 5.41) is 0.464. The quantitative estimate of drug-likeness (QED) is 0.893. The number of benzene rings is 1. The van der Waals surface area contributed by atoms with E-state index in [-0.39, 0.29) is 6.04 Å². The van der Waals surface area contributed by atoms with Crippen molar-refractivity contribution in [3.63, 3.8) is 0 Å². The van der Waals surface area contributed by atoms with Crippen LogP contribution in [0, 0.1) is 0 Å². The molecular formula is C9H10BrClN2O2S. The van der Waals surface area contributed by atoms with Crippen LogP contribution >= 0.6 is 27.5 Å². The molecule has 7 heteroatoms. The molecule has 1 aromatic rings. The van der Waals surface area contributed by atoms with Gasteiger partial charge in [0, 0.05) is 10.5 Å². The maximum Gasteiger partial charge on any atom is 0.299 e. The highest BCUT2D eigenvalue weighted by Gasteiger charge is 2.26. The Bertz CT molecular complexity index is 502. The molecule has 88 valence electrons. The SMILES string of the molecule is O=S(=O)(Nc1ccc(Br)c(Cl)c1)NC1CC1. The van der Waals surface area contributed by atoms with E-state index in [9.17, 15) is 8.42 Å². The van der Waals surface area contributed by atoms with Crippen molar-refractivity contribution in [2.45, 2.75) is 18.9 Å². The van der Waals surface area contributed by atoms with Crippen LogP contribution in [0.1, 0.15) is 12.8 Å². The van der Waals surface area contributed by atoms with Crippen LogP contribution in [-0.2, 0) is 10.2 Å². The molecule has 2 N–H and O–H groups in total. The molecule has 0 saturated heterocycles. The van der Waals surface area contributed by atoms with Crippen molar-refractivity contribution in [1.29, 1.82) is 0 Å². The van der Waals surface area contributed by atoms with Crippen molar-refractivity contribution in [2.24, 2.45) is 0 Å². The van der Waals surface area contributed by atoms with E-state index >= 15 is 0 Å². The van der Waals surface area contributed by atoms with Crippen molar-refractivity contribution in [2.75, 3.05) is 4.72 Å². The molecule has 0 spiro atoms. The lowest BCUT2D eigenvalue weighted by molar-refractivity contribution is 0.586. The van der Waals surface area contributed by atoms with E-state index in [1.165, 1.54) is 0 Å². The molecule has 16 heavy (non-hydrogen) atoms. The highest BCUT2D eigenvalue weighted by molar-refractivity contribution is 9.10. The fourth-order valence-electron chi connectivity index (χ4n) is 1.16. The van der Waals surface area contributed by atoms with E-state index in [4.69, 9.17) is 11.6 Å². The zero-order chi connectivity index (χ0) is 11.8. The molecule has 1 aromatic carbocycles. The van der Waals surface area contributed by atoms with E-state index in [1.54, 1.807) is 18.2 Å². The third kappa shape index (κ3) is 3.35. The third-order valence-corrected chi connectivity index (χ3v) is 4.45. The standard InChI is InChI=1S/C9H10BrClN2O2S/c10-8-4-3-7(5-9(8)11)13-16(14,15)12-6-1-2-6/h3-6,12-13H,1-2H2. The summed E-state index contributed by atoms with van der Waals surface area (Å²) in [5.74, 6) is 0. The van der Waals surface area contributed by atoms with Crippen molar-refractivity contribution < 1.29 is 8.42 Å². The van der Waals surface area contributed by atoms with Gasteiger partial charge in [-0.3, -0.25) is 4.72 Å². The smallest absolute Gasteiger partial charge is 0.271 e. The first-order valence-electron chi connectivity index (χ1n) is 4.71. The summed E-state index contributed by atoms with van der Waals surface area (Å²) in [7, 11) is -3.47. The normalized spacial score (nSPS) is 16.1. The molecule has 0 amide bonds. The van der Waals surface area contributed by atoms with E-state index in [0.29, 0.717) is 10.7 Å². The summed E-state index contributed by atoms with van der Waals surface area (Å²) in [5.41, 5.74) is 0.446. The Morgan fingerprint density at radius 1 is 1.38 bits per heavy atom. The molecule has 0 aromatic heterocycles. The maximum atomic E-state index is 11.6. The Hall–Kier alpha value is -0.300. The van der Waals surface area contributed by atoms with E-state index in [2.05, 4.69) is 25.4 Å². The van der Waals surface area contributed by atoms with Gasteiger partial charge in [0.2, 0.25) is 0 Å². The monoisotopic (exact) mass is 324 g/mol. The lowest BCUT2D eigenvalue weighted by Gasteiger charge is -2.09. The number of rotatable bonds is 4. The summed E-state index contributed by atoms with van der Waals surface area (Å²) < 4.78 is 28.8. The Morgan fingerprint density at radius 2 is 2.06 bits per heavy atom. The average Bonchev–Trinajstić information content (AvgIpc) is 2.94. The zero-order valence-corrected chi connectivity index (χ0v) is 11.4. The third-order valence-electron chi connectivity index (χ3n) is 2.07. The van der Waals surface area contributed by atoms with E-state index in [1.807, 2.05) is 0 Å². The minimum Gasteiger partial charge on any atom is -0.271 e. The molecule has 0 unspecified atom stereocenters. The first-order chi connectivity index (χ1) is 7.46. The van der Waals surface area contributed by atoms with Gasteiger partial charge in [0.05, 0.1) is 10.7 Å². The second-order valence-electron chi connectivity index (χ2n) is 3.63. The highest BCUT2D eigenvalue weighted by atomic mass is 79.9. The van der Waals surface area contributed by atoms with Gasteiger partial charge in [0.1, 0.15) is 0 Å². The minimum atomic E-state index is -3.47. The summed E-state index contributed by atoms with van der Waals surface area (Å²) in [6, 6.07) is 4.97. The van der Waals surface area contributed by atoms with Crippen LogP contribution in [0.15, 0.2) is 22.7 Å². The lowest BCUT2D eigenvalue weighted by Crippen LogP contribution is -2.31. The Kier molecular flexibility index (Phi) is 3.44. The molecule has 1 aliphatic carbocycles. The first kappa shape index (κ1) is 12.2. The molecule has 1 saturated carbocycles. The van der Waals surface area contributed by atoms with Crippen molar-refractivity contribution in [1.82, 2.24) is 4.72 Å².